The van der Waals surface area contributed by atoms with E-state index in [0.29, 0.717) is 0 Å². The normalized spacial score (nSPS) is 24.7. The number of rotatable bonds is 2. The molecule has 0 fully saturated rings. The van der Waals surface area contributed by atoms with E-state index in [1.54, 1.807) is 7.11 Å². The number of methoxy groups -OCH3 is 1. The second-order valence-electron chi connectivity index (χ2n) is 4.06. The molecular formula is C12H18N2O. The Balaban J connectivity index is 2.53. The number of nitrogens with one attached hydrogen (secondary N) is 1. The molecule has 0 spiro atoms. The number of hydrogen-bond acceptors (Lipinski definition) is 3. The van der Waals surface area contributed by atoms with E-state index in [1.807, 2.05) is 19.2 Å². The summed E-state index contributed by atoms with van der Waals surface area (Å²) in [6, 6.07) is 6.09. The Morgan fingerprint density at radius 2 is 2.27 bits per heavy atom. The van der Waals surface area contributed by atoms with Gasteiger partial charge in [0.05, 0.1) is 12.8 Å². The largest absolute Gasteiger partial charge is 0.496 e. The van der Waals surface area contributed by atoms with E-state index in [4.69, 9.17) is 10.5 Å². The van der Waals surface area contributed by atoms with Crippen LogP contribution in [0.2, 0.25) is 0 Å². The molecule has 0 heterocycles. The molecule has 15 heavy (non-hydrogen) atoms. The van der Waals surface area contributed by atoms with E-state index in [1.165, 1.54) is 11.1 Å². The minimum atomic E-state index is -0.387. The zero-order valence-corrected chi connectivity index (χ0v) is 9.34. The summed E-state index contributed by atoms with van der Waals surface area (Å²) in [5.41, 5.74) is 8.37. The summed E-state index contributed by atoms with van der Waals surface area (Å²) in [7, 11) is 3.62. The number of nitrogens with two attached hydrogens (primary N) is 1. The average Bonchev–Trinajstić information content (AvgIpc) is 2.29. The van der Waals surface area contributed by atoms with E-state index in [9.17, 15) is 0 Å². The fraction of sp³-hybridized carbons (Fsp3) is 0.500. The molecule has 1 aromatic carbocycles. The van der Waals surface area contributed by atoms with Crippen LogP contribution in [0.3, 0.4) is 0 Å². The monoisotopic (exact) mass is 206 g/mol. The van der Waals surface area contributed by atoms with E-state index in [-0.39, 0.29) is 5.66 Å². The number of ether oxygens (including phenoxy) is 1. The zero-order valence-electron chi connectivity index (χ0n) is 9.34. The van der Waals surface area contributed by atoms with Crippen LogP contribution >= 0.6 is 0 Å². The molecule has 1 aromatic rings. The maximum atomic E-state index is 6.33. The molecule has 2 rings (SSSR count). The van der Waals surface area contributed by atoms with Gasteiger partial charge >= 0.3 is 0 Å². The van der Waals surface area contributed by atoms with Crippen molar-refractivity contribution in [3.63, 3.8) is 0 Å². The van der Waals surface area contributed by atoms with Gasteiger partial charge in [-0.05, 0) is 37.9 Å². The highest BCUT2D eigenvalue weighted by Gasteiger charge is 2.32. The van der Waals surface area contributed by atoms with E-state index >= 15 is 0 Å². The molecule has 3 heteroatoms. The van der Waals surface area contributed by atoms with Gasteiger partial charge in [-0.2, -0.15) is 0 Å². The lowest BCUT2D eigenvalue weighted by atomic mass is 9.82. The SMILES string of the molecule is CNC1(N)CCCc2c(OC)cccc21. The third-order valence-electron chi connectivity index (χ3n) is 3.28. The van der Waals surface area contributed by atoms with Crippen LogP contribution in [-0.4, -0.2) is 14.2 Å². The van der Waals surface area contributed by atoms with Gasteiger partial charge in [0, 0.05) is 5.56 Å². The van der Waals surface area contributed by atoms with Crippen LogP contribution in [0.25, 0.3) is 0 Å². The maximum absolute atomic E-state index is 6.33. The van der Waals surface area contributed by atoms with Gasteiger partial charge in [-0.25, -0.2) is 0 Å². The first-order valence-corrected chi connectivity index (χ1v) is 5.35. The lowest BCUT2D eigenvalue weighted by Gasteiger charge is -2.36. The second-order valence-corrected chi connectivity index (χ2v) is 4.06. The molecule has 1 aliphatic rings. The van der Waals surface area contributed by atoms with Gasteiger partial charge in [0.1, 0.15) is 5.75 Å². The first-order valence-electron chi connectivity index (χ1n) is 5.35. The van der Waals surface area contributed by atoms with Crippen molar-refractivity contribution in [1.82, 2.24) is 5.32 Å². The summed E-state index contributed by atoms with van der Waals surface area (Å²) in [6.07, 6.45) is 3.13. The molecule has 1 unspecified atom stereocenters. The molecule has 0 bridgehead atoms. The van der Waals surface area contributed by atoms with Crippen molar-refractivity contribution < 1.29 is 4.74 Å². The summed E-state index contributed by atoms with van der Waals surface area (Å²) < 4.78 is 5.37. The Morgan fingerprint density at radius 3 is 2.93 bits per heavy atom. The minimum Gasteiger partial charge on any atom is -0.496 e. The summed E-state index contributed by atoms with van der Waals surface area (Å²) in [5.74, 6) is 0.956. The van der Waals surface area contributed by atoms with Crippen molar-refractivity contribution >= 4 is 0 Å². The predicted octanol–water partition coefficient (Wildman–Crippen LogP) is 1.36. The molecular weight excluding hydrogens is 188 g/mol. The Labute approximate surface area is 90.6 Å². The average molecular weight is 206 g/mol. The van der Waals surface area contributed by atoms with Gasteiger partial charge in [0.25, 0.3) is 0 Å². The van der Waals surface area contributed by atoms with Gasteiger partial charge in [-0.15, -0.1) is 0 Å². The van der Waals surface area contributed by atoms with Crippen molar-refractivity contribution in [3.05, 3.63) is 29.3 Å². The second kappa shape index (κ2) is 3.83. The molecule has 82 valence electrons. The topological polar surface area (TPSA) is 47.3 Å². The van der Waals surface area contributed by atoms with Gasteiger partial charge in [-0.3, -0.25) is 5.32 Å². The molecule has 1 atom stereocenters. The smallest absolute Gasteiger partial charge is 0.122 e. The molecule has 3 nitrogen and oxygen atoms in total. The standard InChI is InChI=1S/C12H18N2O/c1-14-12(13)8-4-5-9-10(12)6-3-7-11(9)15-2/h3,6-7,14H,4-5,8,13H2,1-2H3. The third-order valence-corrected chi connectivity index (χ3v) is 3.28. The van der Waals surface area contributed by atoms with Crippen LogP contribution in [0.15, 0.2) is 18.2 Å². The molecule has 0 saturated carbocycles. The zero-order chi connectivity index (χ0) is 10.9. The van der Waals surface area contributed by atoms with Crippen LogP contribution < -0.4 is 15.8 Å². The van der Waals surface area contributed by atoms with Crippen LogP contribution in [0, 0.1) is 0 Å². The van der Waals surface area contributed by atoms with Gasteiger partial charge in [-0.1, -0.05) is 12.1 Å². The first-order chi connectivity index (χ1) is 7.21. The molecule has 0 radical (unpaired) electrons. The third kappa shape index (κ3) is 1.62. The lowest BCUT2D eigenvalue weighted by Crippen LogP contribution is -2.50. The quantitative estimate of drug-likeness (QED) is 0.718. The van der Waals surface area contributed by atoms with Crippen molar-refractivity contribution in [3.8, 4) is 5.75 Å². The lowest BCUT2D eigenvalue weighted by molar-refractivity contribution is 0.310. The highest BCUT2D eigenvalue weighted by atomic mass is 16.5. The van der Waals surface area contributed by atoms with Gasteiger partial charge in [0.2, 0.25) is 0 Å². The van der Waals surface area contributed by atoms with Crippen molar-refractivity contribution in [2.45, 2.75) is 24.9 Å². The number of benzene rings is 1. The van der Waals surface area contributed by atoms with Gasteiger partial charge in [0.15, 0.2) is 0 Å². The van der Waals surface area contributed by atoms with Crippen molar-refractivity contribution in [2.24, 2.45) is 5.73 Å². The fourth-order valence-electron chi connectivity index (χ4n) is 2.37. The Hall–Kier alpha value is -1.06. The predicted molar refractivity (Wildman–Crippen MR) is 60.9 cm³/mol. The molecule has 3 N–H and O–H groups in total. The minimum absolute atomic E-state index is 0.387. The molecule has 0 aromatic heterocycles. The summed E-state index contributed by atoms with van der Waals surface area (Å²) in [5, 5.41) is 3.21. The van der Waals surface area contributed by atoms with E-state index in [2.05, 4.69) is 11.4 Å². The highest BCUT2D eigenvalue weighted by Crippen LogP contribution is 2.35. The van der Waals surface area contributed by atoms with Crippen LogP contribution in [0.5, 0.6) is 5.75 Å². The highest BCUT2D eigenvalue weighted by molar-refractivity contribution is 5.45. The Bertz CT molecular complexity index is 365. The summed E-state index contributed by atoms with van der Waals surface area (Å²) >= 11 is 0. The van der Waals surface area contributed by atoms with Gasteiger partial charge < -0.3 is 10.5 Å². The van der Waals surface area contributed by atoms with Crippen LogP contribution in [-0.2, 0) is 12.1 Å². The molecule has 1 aliphatic carbocycles. The first kappa shape index (κ1) is 10.5. The van der Waals surface area contributed by atoms with E-state index < -0.39 is 0 Å². The molecule has 0 saturated heterocycles. The summed E-state index contributed by atoms with van der Waals surface area (Å²) in [6.45, 7) is 0. The maximum Gasteiger partial charge on any atom is 0.122 e. The van der Waals surface area contributed by atoms with Crippen molar-refractivity contribution in [1.29, 1.82) is 0 Å². The summed E-state index contributed by atoms with van der Waals surface area (Å²) in [4.78, 5) is 0. The van der Waals surface area contributed by atoms with Crippen LogP contribution in [0.1, 0.15) is 24.0 Å². The number of fused-ring (bicyclic) bond motifs is 1. The Kier molecular flexibility index (Phi) is 2.67. The Morgan fingerprint density at radius 1 is 1.47 bits per heavy atom. The fourth-order valence-corrected chi connectivity index (χ4v) is 2.37. The molecule has 0 amide bonds. The molecule has 0 aliphatic heterocycles. The van der Waals surface area contributed by atoms with Crippen LogP contribution in [0.4, 0.5) is 0 Å². The van der Waals surface area contributed by atoms with Crippen molar-refractivity contribution in [2.75, 3.05) is 14.2 Å². The number of hydrogen-bond donors (Lipinski definition) is 2. The van der Waals surface area contributed by atoms with E-state index in [0.717, 1.165) is 25.0 Å².